The first-order chi connectivity index (χ1) is 6.54. The molecule has 0 aromatic carbocycles. The van der Waals surface area contributed by atoms with E-state index in [0.29, 0.717) is 6.04 Å². The molecule has 1 heterocycles. The molecule has 0 aromatic rings. The molecule has 80 valence electrons. The molecule has 0 radical (unpaired) electrons. The van der Waals surface area contributed by atoms with Gasteiger partial charge < -0.3 is 5.11 Å². The van der Waals surface area contributed by atoms with Gasteiger partial charge in [0.15, 0.2) is 0 Å². The first-order valence-corrected chi connectivity index (χ1v) is 5.96. The molecule has 2 atom stereocenters. The summed E-state index contributed by atoms with van der Waals surface area (Å²) in [6.07, 6.45) is 5.30. The number of hydrogen-bond acceptors (Lipinski definition) is 2. The Morgan fingerprint density at radius 3 is 2.21 bits per heavy atom. The van der Waals surface area contributed by atoms with Gasteiger partial charge in [0.1, 0.15) is 0 Å². The van der Waals surface area contributed by atoms with E-state index in [2.05, 4.69) is 18.7 Å². The predicted octanol–water partition coefficient (Wildman–Crippen LogP) is 1.63. The van der Waals surface area contributed by atoms with Gasteiger partial charge in [-0.05, 0) is 24.7 Å². The molecule has 2 unspecified atom stereocenters. The van der Waals surface area contributed by atoms with Crippen molar-refractivity contribution in [2.45, 2.75) is 51.7 Å². The van der Waals surface area contributed by atoms with E-state index in [1.54, 1.807) is 0 Å². The summed E-state index contributed by atoms with van der Waals surface area (Å²) in [5.41, 5.74) is 0.877. The van der Waals surface area contributed by atoms with E-state index >= 15 is 0 Å². The van der Waals surface area contributed by atoms with Crippen molar-refractivity contribution in [1.82, 2.24) is 4.90 Å². The lowest BCUT2D eigenvalue weighted by atomic mass is 9.58. The highest BCUT2D eigenvalue weighted by molar-refractivity contribution is 5.10. The number of likely N-dealkylation sites (tertiary alicyclic amines) is 1. The molecule has 14 heavy (non-hydrogen) atoms. The molecule has 2 nitrogen and oxygen atoms in total. The molecule has 1 spiro atoms. The Hall–Kier alpha value is -0.0800. The molecular formula is C12H21NO. The van der Waals surface area contributed by atoms with Crippen molar-refractivity contribution in [3.8, 4) is 0 Å². The van der Waals surface area contributed by atoms with Crippen LogP contribution < -0.4 is 0 Å². The summed E-state index contributed by atoms with van der Waals surface area (Å²) in [7, 11) is 0. The highest BCUT2D eigenvalue weighted by Gasteiger charge is 2.57. The second-order valence-corrected chi connectivity index (χ2v) is 6.35. The Labute approximate surface area is 86.3 Å². The average Bonchev–Trinajstić information content (AvgIpc) is 1.98. The van der Waals surface area contributed by atoms with E-state index in [-0.39, 0.29) is 11.5 Å². The summed E-state index contributed by atoms with van der Waals surface area (Å²) >= 11 is 0. The van der Waals surface area contributed by atoms with Gasteiger partial charge in [-0.15, -0.1) is 0 Å². The molecule has 3 fully saturated rings. The third kappa shape index (κ3) is 0.989. The van der Waals surface area contributed by atoms with Crippen molar-refractivity contribution in [3.05, 3.63) is 0 Å². The SMILES string of the molecule is CC1(C)C(O)CC1N1CC2(CCC2)C1. The molecule has 1 N–H and O–H groups in total. The Balaban J connectivity index is 1.60. The van der Waals surface area contributed by atoms with Gasteiger partial charge in [0.05, 0.1) is 6.10 Å². The van der Waals surface area contributed by atoms with Crippen molar-refractivity contribution in [2.24, 2.45) is 10.8 Å². The Kier molecular flexibility index (Phi) is 1.66. The van der Waals surface area contributed by atoms with E-state index in [1.165, 1.54) is 32.4 Å². The van der Waals surface area contributed by atoms with Crippen molar-refractivity contribution in [1.29, 1.82) is 0 Å². The summed E-state index contributed by atoms with van der Waals surface area (Å²) in [5, 5.41) is 9.69. The lowest BCUT2D eigenvalue weighted by Gasteiger charge is -2.64. The minimum atomic E-state index is -0.0644. The third-order valence-electron chi connectivity index (χ3n) is 5.10. The predicted molar refractivity (Wildman–Crippen MR) is 56.0 cm³/mol. The van der Waals surface area contributed by atoms with E-state index in [1.807, 2.05) is 0 Å². The van der Waals surface area contributed by atoms with Gasteiger partial charge in [0, 0.05) is 24.5 Å². The summed E-state index contributed by atoms with van der Waals surface area (Å²) in [6.45, 7) is 7.04. The standard InChI is InChI=1S/C12H21NO/c1-11(2)9(6-10(11)14)13-7-12(8-13)4-3-5-12/h9-10,14H,3-8H2,1-2H3. The minimum Gasteiger partial charge on any atom is -0.392 e. The fourth-order valence-corrected chi connectivity index (χ4v) is 3.53. The van der Waals surface area contributed by atoms with Crippen molar-refractivity contribution in [3.63, 3.8) is 0 Å². The smallest absolute Gasteiger partial charge is 0.0621 e. The largest absolute Gasteiger partial charge is 0.392 e. The van der Waals surface area contributed by atoms with Crippen LogP contribution in [-0.4, -0.2) is 35.2 Å². The fraction of sp³-hybridized carbons (Fsp3) is 1.00. The Morgan fingerprint density at radius 1 is 1.21 bits per heavy atom. The van der Waals surface area contributed by atoms with Crippen LogP contribution in [0.5, 0.6) is 0 Å². The molecule has 2 saturated carbocycles. The van der Waals surface area contributed by atoms with Crippen molar-refractivity contribution in [2.75, 3.05) is 13.1 Å². The molecule has 3 aliphatic rings. The number of aliphatic hydroxyl groups is 1. The normalized spacial score (nSPS) is 43.9. The van der Waals surface area contributed by atoms with E-state index in [0.717, 1.165) is 11.8 Å². The summed E-state index contributed by atoms with van der Waals surface area (Å²) in [4.78, 5) is 2.60. The number of nitrogens with zero attached hydrogens (tertiary/aromatic N) is 1. The topological polar surface area (TPSA) is 23.5 Å². The Bertz CT molecular complexity index is 249. The molecule has 2 heteroatoms. The zero-order valence-electron chi connectivity index (χ0n) is 9.29. The van der Waals surface area contributed by atoms with Crippen molar-refractivity contribution < 1.29 is 5.11 Å². The number of hydrogen-bond donors (Lipinski definition) is 1. The maximum Gasteiger partial charge on any atom is 0.0621 e. The first kappa shape index (κ1) is 9.17. The molecule has 1 saturated heterocycles. The van der Waals surface area contributed by atoms with Gasteiger partial charge in [0.25, 0.3) is 0 Å². The first-order valence-electron chi connectivity index (χ1n) is 5.96. The zero-order valence-corrected chi connectivity index (χ0v) is 9.29. The minimum absolute atomic E-state index is 0.0644. The maximum atomic E-state index is 9.69. The third-order valence-corrected chi connectivity index (χ3v) is 5.10. The fourth-order valence-electron chi connectivity index (χ4n) is 3.53. The monoisotopic (exact) mass is 195 g/mol. The maximum absolute atomic E-state index is 9.69. The van der Waals surface area contributed by atoms with Crippen LogP contribution in [0.2, 0.25) is 0 Å². The van der Waals surface area contributed by atoms with Crippen LogP contribution in [0.1, 0.15) is 39.5 Å². The van der Waals surface area contributed by atoms with Gasteiger partial charge >= 0.3 is 0 Å². The lowest BCUT2D eigenvalue weighted by molar-refractivity contribution is -0.183. The van der Waals surface area contributed by atoms with Crippen LogP contribution in [-0.2, 0) is 0 Å². The van der Waals surface area contributed by atoms with Gasteiger partial charge in [-0.1, -0.05) is 20.3 Å². The molecule has 1 aliphatic heterocycles. The van der Waals surface area contributed by atoms with Gasteiger partial charge in [-0.2, -0.15) is 0 Å². The van der Waals surface area contributed by atoms with Gasteiger partial charge in [0.2, 0.25) is 0 Å². The molecule has 0 aromatic heterocycles. The second kappa shape index (κ2) is 2.53. The lowest BCUT2D eigenvalue weighted by Crippen LogP contribution is -2.70. The number of aliphatic hydroxyl groups excluding tert-OH is 1. The number of rotatable bonds is 1. The molecule has 0 bridgehead atoms. The molecule has 2 aliphatic carbocycles. The molecular weight excluding hydrogens is 174 g/mol. The van der Waals surface area contributed by atoms with Crippen LogP contribution in [0.4, 0.5) is 0 Å². The second-order valence-electron chi connectivity index (χ2n) is 6.35. The summed E-state index contributed by atoms with van der Waals surface area (Å²) < 4.78 is 0. The van der Waals surface area contributed by atoms with Crippen LogP contribution in [0.25, 0.3) is 0 Å². The Morgan fingerprint density at radius 2 is 1.86 bits per heavy atom. The van der Waals surface area contributed by atoms with E-state index in [9.17, 15) is 5.11 Å². The quantitative estimate of drug-likeness (QED) is 0.687. The van der Waals surface area contributed by atoms with Crippen molar-refractivity contribution >= 4 is 0 Å². The van der Waals surface area contributed by atoms with E-state index in [4.69, 9.17) is 0 Å². The summed E-state index contributed by atoms with van der Waals surface area (Å²) in [5.74, 6) is 0. The van der Waals surface area contributed by atoms with Crippen LogP contribution in [0.3, 0.4) is 0 Å². The zero-order chi connectivity index (χ0) is 9.97. The van der Waals surface area contributed by atoms with Gasteiger partial charge in [-0.3, -0.25) is 4.90 Å². The van der Waals surface area contributed by atoms with E-state index < -0.39 is 0 Å². The van der Waals surface area contributed by atoms with Crippen LogP contribution in [0.15, 0.2) is 0 Å². The highest BCUT2D eigenvalue weighted by Crippen LogP contribution is 2.54. The molecule has 0 amide bonds. The van der Waals surface area contributed by atoms with Crippen LogP contribution in [0, 0.1) is 10.8 Å². The summed E-state index contributed by atoms with van der Waals surface area (Å²) in [6, 6.07) is 0.656. The molecule has 3 rings (SSSR count). The van der Waals surface area contributed by atoms with Crippen LogP contribution >= 0.6 is 0 Å². The average molecular weight is 195 g/mol. The van der Waals surface area contributed by atoms with Gasteiger partial charge in [-0.25, -0.2) is 0 Å². The highest BCUT2D eigenvalue weighted by atomic mass is 16.3.